The van der Waals surface area contributed by atoms with E-state index < -0.39 is 17.7 Å². The maximum Gasteiger partial charge on any atom is 0.246 e. The van der Waals surface area contributed by atoms with Crippen LogP contribution in [0.4, 0.5) is 8.78 Å². The third kappa shape index (κ3) is 2.08. The van der Waals surface area contributed by atoms with Crippen LogP contribution in [0.2, 0.25) is 0 Å². The minimum atomic E-state index is -0.693. The normalized spacial score (nSPS) is 20.7. The van der Waals surface area contributed by atoms with Gasteiger partial charge in [0.2, 0.25) is 5.91 Å². The van der Waals surface area contributed by atoms with Gasteiger partial charge in [-0.05, 0) is 22.0 Å². The van der Waals surface area contributed by atoms with E-state index in [1.165, 1.54) is 6.07 Å². The summed E-state index contributed by atoms with van der Waals surface area (Å²) in [5, 5.41) is 2.55. The fourth-order valence-corrected chi connectivity index (χ4v) is 1.84. The topological polar surface area (TPSA) is 38.3 Å². The molecule has 86 valence electrons. The molecule has 1 aliphatic heterocycles. The Kier molecular flexibility index (Phi) is 3.20. The average molecular weight is 292 g/mol. The number of carbonyl (C=O) groups is 1. The summed E-state index contributed by atoms with van der Waals surface area (Å²) in [7, 11) is 0. The summed E-state index contributed by atoms with van der Waals surface area (Å²) < 4.78 is 31.6. The van der Waals surface area contributed by atoms with Crippen LogP contribution in [0.15, 0.2) is 16.6 Å². The summed E-state index contributed by atoms with van der Waals surface area (Å²) in [5.74, 6) is -1.60. The van der Waals surface area contributed by atoms with Crippen molar-refractivity contribution in [2.24, 2.45) is 0 Å². The molecule has 0 spiro atoms. The molecule has 1 N–H and O–H groups in total. The van der Waals surface area contributed by atoms with Crippen molar-refractivity contribution in [2.45, 2.75) is 6.10 Å². The van der Waals surface area contributed by atoms with Crippen LogP contribution in [0.1, 0.15) is 11.7 Å². The van der Waals surface area contributed by atoms with Crippen LogP contribution in [0.25, 0.3) is 0 Å². The summed E-state index contributed by atoms with van der Waals surface area (Å²) in [6.07, 6.45) is -0.574. The van der Waals surface area contributed by atoms with Gasteiger partial charge in [0.1, 0.15) is 24.3 Å². The number of rotatable bonds is 1. The zero-order valence-corrected chi connectivity index (χ0v) is 9.68. The third-order valence-corrected chi connectivity index (χ3v) is 3.04. The van der Waals surface area contributed by atoms with Crippen molar-refractivity contribution in [1.82, 2.24) is 5.32 Å². The van der Waals surface area contributed by atoms with Gasteiger partial charge in [0.25, 0.3) is 0 Å². The standard InChI is InChI=1S/C10H8BrF2NO2/c11-9-6(12)2-1-5(10(9)13)7-3-14-8(15)4-16-7/h1-2,7H,3-4H2,(H,14,15)/t7-/m0/s1. The molecule has 0 aliphatic carbocycles. The highest BCUT2D eigenvalue weighted by molar-refractivity contribution is 9.10. The fraction of sp³-hybridized carbons (Fsp3) is 0.300. The molecule has 16 heavy (non-hydrogen) atoms. The van der Waals surface area contributed by atoms with Crippen LogP contribution in [0.5, 0.6) is 0 Å². The molecule has 0 radical (unpaired) electrons. The molecule has 0 unspecified atom stereocenters. The lowest BCUT2D eigenvalue weighted by atomic mass is 10.1. The first-order valence-corrected chi connectivity index (χ1v) is 5.40. The van der Waals surface area contributed by atoms with Gasteiger partial charge < -0.3 is 10.1 Å². The molecule has 1 aliphatic rings. The fourth-order valence-electron chi connectivity index (χ4n) is 1.48. The highest BCUT2D eigenvalue weighted by atomic mass is 79.9. The molecule has 0 saturated carbocycles. The molecule has 1 saturated heterocycles. The Bertz CT molecular complexity index is 429. The maximum atomic E-state index is 13.7. The molecule has 0 bridgehead atoms. The van der Waals surface area contributed by atoms with E-state index >= 15 is 0 Å². The van der Waals surface area contributed by atoms with Crippen LogP contribution in [-0.4, -0.2) is 19.1 Å². The lowest BCUT2D eigenvalue weighted by Gasteiger charge is -2.24. The van der Waals surface area contributed by atoms with Gasteiger partial charge in [-0.2, -0.15) is 0 Å². The summed E-state index contributed by atoms with van der Waals surface area (Å²) in [6.45, 7) is 0.0763. The summed E-state index contributed by atoms with van der Waals surface area (Å²) in [5.41, 5.74) is 0.230. The van der Waals surface area contributed by atoms with E-state index in [9.17, 15) is 13.6 Å². The zero-order chi connectivity index (χ0) is 11.7. The number of benzene rings is 1. The van der Waals surface area contributed by atoms with Crippen LogP contribution < -0.4 is 5.32 Å². The van der Waals surface area contributed by atoms with Crippen molar-refractivity contribution in [3.8, 4) is 0 Å². The number of nitrogens with one attached hydrogen (secondary N) is 1. The Morgan fingerprint density at radius 3 is 2.81 bits per heavy atom. The highest BCUT2D eigenvalue weighted by Crippen LogP contribution is 2.28. The van der Waals surface area contributed by atoms with Crippen molar-refractivity contribution in [2.75, 3.05) is 13.2 Å². The number of morpholine rings is 1. The predicted molar refractivity (Wildman–Crippen MR) is 55.8 cm³/mol. The second-order valence-corrected chi connectivity index (χ2v) is 4.16. The molecule has 1 fully saturated rings. The third-order valence-electron chi connectivity index (χ3n) is 2.31. The van der Waals surface area contributed by atoms with Gasteiger partial charge >= 0.3 is 0 Å². The van der Waals surface area contributed by atoms with Crippen molar-refractivity contribution < 1.29 is 18.3 Å². The van der Waals surface area contributed by atoms with E-state index in [4.69, 9.17) is 4.74 Å². The van der Waals surface area contributed by atoms with E-state index in [1.54, 1.807) is 0 Å². The predicted octanol–water partition coefficient (Wildman–Crippen LogP) is 1.91. The monoisotopic (exact) mass is 291 g/mol. The summed E-state index contributed by atoms with van der Waals surface area (Å²) >= 11 is 2.82. The Balaban J connectivity index is 2.27. The number of amides is 1. The molecule has 1 amide bonds. The van der Waals surface area contributed by atoms with Crippen LogP contribution >= 0.6 is 15.9 Å². The molecular formula is C10H8BrF2NO2. The lowest BCUT2D eigenvalue weighted by Crippen LogP contribution is -2.39. The molecule has 6 heteroatoms. The van der Waals surface area contributed by atoms with E-state index in [-0.39, 0.29) is 29.1 Å². The van der Waals surface area contributed by atoms with Gasteiger partial charge in [-0.3, -0.25) is 4.79 Å². The van der Waals surface area contributed by atoms with Gasteiger partial charge in [-0.15, -0.1) is 0 Å². The molecule has 0 aromatic heterocycles. The molecule has 2 rings (SSSR count). The van der Waals surface area contributed by atoms with Gasteiger partial charge in [-0.25, -0.2) is 8.78 Å². The first kappa shape index (κ1) is 11.5. The van der Waals surface area contributed by atoms with Gasteiger partial charge in [0.15, 0.2) is 0 Å². The van der Waals surface area contributed by atoms with Crippen LogP contribution in [0.3, 0.4) is 0 Å². The number of halogens is 3. The Hall–Kier alpha value is -1.01. The van der Waals surface area contributed by atoms with Crippen molar-refractivity contribution in [3.05, 3.63) is 33.8 Å². The number of hydrogen-bond acceptors (Lipinski definition) is 2. The molecule has 1 heterocycles. The van der Waals surface area contributed by atoms with Crippen molar-refractivity contribution >= 4 is 21.8 Å². The number of carbonyl (C=O) groups excluding carboxylic acids is 1. The SMILES string of the molecule is O=C1CO[C@H](c2ccc(F)c(Br)c2F)CN1. The van der Waals surface area contributed by atoms with Crippen LogP contribution in [0, 0.1) is 11.6 Å². The molecule has 1 aromatic rings. The largest absolute Gasteiger partial charge is 0.362 e. The molecule has 3 nitrogen and oxygen atoms in total. The number of hydrogen-bond donors (Lipinski definition) is 1. The van der Waals surface area contributed by atoms with Gasteiger partial charge in [0, 0.05) is 12.1 Å². The molecular weight excluding hydrogens is 284 g/mol. The first-order valence-electron chi connectivity index (χ1n) is 4.61. The van der Waals surface area contributed by atoms with Crippen LogP contribution in [-0.2, 0) is 9.53 Å². The first-order chi connectivity index (χ1) is 7.59. The second-order valence-electron chi connectivity index (χ2n) is 3.37. The summed E-state index contributed by atoms with van der Waals surface area (Å²) in [4.78, 5) is 10.8. The Morgan fingerprint density at radius 2 is 2.19 bits per heavy atom. The number of ether oxygens (including phenoxy) is 1. The van der Waals surface area contributed by atoms with E-state index in [0.29, 0.717) is 0 Å². The van der Waals surface area contributed by atoms with E-state index in [2.05, 4.69) is 21.2 Å². The van der Waals surface area contributed by atoms with Crippen molar-refractivity contribution in [1.29, 1.82) is 0 Å². The Morgan fingerprint density at radius 1 is 1.44 bits per heavy atom. The van der Waals surface area contributed by atoms with E-state index in [0.717, 1.165) is 6.07 Å². The Labute approximate surface area is 98.9 Å². The maximum absolute atomic E-state index is 13.7. The summed E-state index contributed by atoms with van der Waals surface area (Å²) in [6, 6.07) is 2.47. The quantitative estimate of drug-likeness (QED) is 0.803. The minimum absolute atomic E-state index is 0.112. The van der Waals surface area contributed by atoms with Crippen molar-refractivity contribution in [3.63, 3.8) is 0 Å². The average Bonchev–Trinajstić information content (AvgIpc) is 2.28. The van der Waals surface area contributed by atoms with E-state index in [1.807, 2.05) is 0 Å². The minimum Gasteiger partial charge on any atom is -0.362 e. The van der Waals surface area contributed by atoms with Gasteiger partial charge in [0.05, 0.1) is 4.47 Å². The lowest BCUT2D eigenvalue weighted by molar-refractivity contribution is -0.133. The van der Waals surface area contributed by atoms with Gasteiger partial charge in [-0.1, -0.05) is 6.07 Å². The molecule has 1 atom stereocenters. The smallest absolute Gasteiger partial charge is 0.246 e. The zero-order valence-electron chi connectivity index (χ0n) is 8.10. The highest BCUT2D eigenvalue weighted by Gasteiger charge is 2.24. The molecule has 1 aromatic carbocycles. The second kappa shape index (κ2) is 4.47.